The summed E-state index contributed by atoms with van der Waals surface area (Å²) in [5.41, 5.74) is 2.30. The standard InChI is InChI=1S/C18H19ClN2O2/c1-12(20-11-15-5-3-4-6-17(15)19)18(23)21-16-9-7-14(8-10-16)13(2)22/h3-10,12,20H,11H2,1-2H3,(H,21,23)/p+1/t12-/m0/s1. The Bertz CT molecular complexity index is 698. The number of nitrogens with one attached hydrogen (secondary N) is 1. The van der Waals surface area contributed by atoms with Gasteiger partial charge in [0.05, 0.1) is 0 Å². The van der Waals surface area contributed by atoms with Crippen LogP contribution in [-0.2, 0) is 11.3 Å². The molecule has 0 saturated carbocycles. The van der Waals surface area contributed by atoms with Crippen molar-refractivity contribution in [2.24, 2.45) is 0 Å². The van der Waals surface area contributed by atoms with E-state index >= 15 is 0 Å². The molecule has 0 fully saturated rings. The SMILES string of the molecule is CC(=O)c1ccc(NC(=O)[C@H](C)[NH2+]Cc2ccccc2Cl)cc1. The van der Waals surface area contributed by atoms with Gasteiger partial charge in [0.2, 0.25) is 0 Å². The topological polar surface area (TPSA) is 62.8 Å². The molecule has 2 aromatic carbocycles. The Hall–Kier alpha value is -2.17. The Morgan fingerprint density at radius 2 is 1.78 bits per heavy atom. The van der Waals surface area contributed by atoms with E-state index in [1.54, 1.807) is 24.3 Å². The minimum Gasteiger partial charge on any atom is -0.332 e. The lowest BCUT2D eigenvalue weighted by atomic mass is 10.1. The van der Waals surface area contributed by atoms with E-state index < -0.39 is 0 Å². The first kappa shape index (κ1) is 17.2. The molecule has 0 bridgehead atoms. The number of anilines is 1. The van der Waals surface area contributed by atoms with Crippen molar-refractivity contribution in [1.82, 2.24) is 0 Å². The van der Waals surface area contributed by atoms with Crippen LogP contribution in [-0.4, -0.2) is 17.7 Å². The van der Waals surface area contributed by atoms with Crippen molar-refractivity contribution in [1.29, 1.82) is 0 Å². The predicted octanol–water partition coefficient (Wildman–Crippen LogP) is 2.63. The van der Waals surface area contributed by atoms with E-state index in [0.29, 0.717) is 22.8 Å². The van der Waals surface area contributed by atoms with Gasteiger partial charge in [-0.1, -0.05) is 29.8 Å². The fourth-order valence-electron chi connectivity index (χ4n) is 2.12. The Labute approximate surface area is 140 Å². The van der Waals surface area contributed by atoms with Gasteiger partial charge in [0.1, 0.15) is 6.54 Å². The molecular weight excluding hydrogens is 312 g/mol. The van der Waals surface area contributed by atoms with Crippen molar-refractivity contribution >= 4 is 29.0 Å². The largest absolute Gasteiger partial charge is 0.332 e. The number of hydrogen-bond acceptors (Lipinski definition) is 2. The Balaban J connectivity index is 1.89. The van der Waals surface area contributed by atoms with E-state index in [9.17, 15) is 9.59 Å². The van der Waals surface area contributed by atoms with Crippen LogP contribution in [0.1, 0.15) is 29.8 Å². The van der Waals surface area contributed by atoms with Gasteiger partial charge >= 0.3 is 0 Å². The second kappa shape index (κ2) is 7.90. The highest BCUT2D eigenvalue weighted by molar-refractivity contribution is 6.31. The summed E-state index contributed by atoms with van der Waals surface area (Å²) in [6, 6.07) is 14.2. The molecule has 0 aromatic heterocycles. The molecule has 4 nitrogen and oxygen atoms in total. The molecule has 0 aliphatic heterocycles. The molecule has 3 N–H and O–H groups in total. The summed E-state index contributed by atoms with van der Waals surface area (Å²) in [7, 11) is 0. The number of hydrogen-bond donors (Lipinski definition) is 2. The predicted molar refractivity (Wildman–Crippen MR) is 91.6 cm³/mol. The van der Waals surface area contributed by atoms with Crippen LogP contribution in [0.15, 0.2) is 48.5 Å². The number of rotatable bonds is 6. The van der Waals surface area contributed by atoms with Gasteiger partial charge in [0.15, 0.2) is 11.8 Å². The Morgan fingerprint density at radius 3 is 2.39 bits per heavy atom. The van der Waals surface area contributed by atoms with Gasteiger partial charge in [0.25, 0.3) is 5.91 Å². The highest BCUT2D eigenvalue weighted by atomic mass is 35.5. The first-order valence-corrected chi connectivity index (χ1v) is 7.84. The highest BCUT2D eigenvalue weighted by Crippen LogP contribution is 2.13. The molecule has 0 saturated heterocycles. The summed E-state index contributed by atoms with van der Waals surface area (Å²) >= 11 is 6.11. The first-order chi connectivity index (χ1) is 11.0. The maximum absolute atomic E-state index is 12.2. The molecular formula is C18H20ClN2O2+. The van der Waals surface area contributed by atoms with E-state index in [4.69, 9.17) is 11.6 Å². The van der Waals surface area contributed by atoms with Gasteiger partial charge in [-0.15, -0.1) is 0 Å². The molecule has 120 valence electrons. The van der Waals surface area contributed by atoms with Crippen LogP contribution in [0, 0.1) is 0 Å². The van der Waals surface area contributed by atoms with Crippen LogP contribution < -0.4 is 10.6 Å². The quantitative estimate of drug-likeness (QED) is 0.799. The number of ketones is 1. The van der Waals surface area contributed by atoms with Crippen molar-refractivity contribution in [3.8, 4) is 0 Å². The van der Waals surface area contributed by atoms with E-state index in [-0.39, 0.29) is 17.7 Å². The zero-order valence-corrected chi connectivity index (χ0v) is 13.9. The van der Waals surface area contributed by atoms with Crippen LogP contribution in [0.2, 0.25) is 5.02 Å². The van der Waals surface area contributed by atoms with Gasteiger partial charge in [-0.2, -0.15) is 0 Å². The minimum atomic E-state index is -0.251. The molecule has 23 heavy (non-hydrogen) atoms. The average molecular weight is 332 g/mol. The third-order valence-electron chi connectivity index (χ3n) is 3.62. The molecule has 5 heteroatoms. The molecule has 2 aromatic rings. The van der Waals surface area contributed by atoms with Crippen LogP contribution in [0.3, 0.4) is 0 Å². The van der Waals surface area contributed by atoms with Gasteiger partial charge in [0, 0.05) is 21.8 Å². The molecule has 0 radical (unpaired) electrons. The monoisotopic (exact) mass is 331 g/mol. The van der Waals surface area contributed by atoms with Crippen LogP contribution in [0.25, 0.3) is 0 Å². The number of halogens is 1. The molecule has 1 atom stereocenters. The molecule has 0 spiro atoms. The summed E-state index contributed by atoms with van der Waals surface area (Å²) in [5, 5.41) is 5.48. The van der Waals surface area contributed by atoms with Gasteiger partial charge < -0.3 is 10.6 Å². The summed E-state index contributed by atoms with van der Waals surface area (Å²) < 4.78 is 0. The summed E-state index contributed by atoms with van der Waals surface area (Å²) in [6.07, 6.45) is 0. The lowest BCUT2D eigenvalue weighted by Gasteiger charge is -2.12. The van der Waals surface area contributed by atoms with Crippen molar-refractivity contribution in [2.45, 2.75) is 26.4 Å². The highest BCUT2D eigenvalue weighted by Gasteiger charge is 2.16. The van der Waals surface area contributed by atoms with Crippen LogP contribution in [0.4, 0.5) is 5.69 Å². The number of nitrogens with two attached hydrogens (primary N) is 1. The molecule has 2 rings (SSSR count). The lowest BCUT2D eigenvalue weighted by Crippen LogP contribution is -2.90. The molecule has 0 aliphatic rings. The van der Waals surface area contributed by atoms with E-state index in [2.05, 4.69) is 5.32 Å². The Kier molecular flexibility index (Phi) is 5.90. The normalized spacial score (nSPS) is 11.8. The summed E-state index contributed by atoms with van der Waals surface area (Å²) in [4.78, 5) is 23.4. The number of carbonyl (C=O) groups is 2. The smallest absolute Gasteiger partial charge is 0.282 e. The average Bonchev–Trinajstić information content (AvgIpc) is 2.54. The van der Waals surface area contributed by atoms with E-state index in [1.807, 2.05) is 36.5 Å². The zero-order valence-electron chi connectivity index (χ0n) is 13.2. The third-order valence-corrected chi connectivity index (χ3v) is 3.99. The number of carbonyl (C=O) groups excluding carboxylic acids is 2. The number of benzene rings is 2. The van der Waals surface area contributed by atoms with Crippen molar-refractivity contribution in [3.63, 3.8) is 0 Å². The first-order valence-electron chi connectivity index (χ1n) is 7.46. The third kappa shape index (κ3) is 4.91. The molecule has 0 unspecified atom stereocenters. The molecule has 1 amide bonds. The van der Waals surface area contributed by atoms with Crippen molar-refractivity contribution < 1.29 is 14.9 Å². The zero-order chi connectivity index (χ0) is 16.8. The number of Topliss-reactive ketones (excluding diaryl/α,β-unsaturated/α-hetero) is 1. The maximum Gasteiger partial charge on any atom is 0.282 e. The molecule has 0 aliphatic carbocycles. The van der Waals surface area contributed by atoms with Crippen LogP contribution >= 0.6 is 11.6 Å². The fraction of sp³-hybridized carbons (Fsp3) is 0.222. The lowest BCUT2D eigenvalue weighted by molar-refractivity contribution is -0.688. The van der Waals surface area contributed by atoms with Gasteiger partial charge in [-0.25, -0.2) is 0 Å². The second-order valence-electron chi connectivity index (χ2n) is 5.44. The number of quaternary nitrogens is 1. The minimum absolute atomic E-state index is 0.00400. The number of amides is 1. The summed E-state index contributed by atoms with van der Waals surface area (Å²) in [5.74, 6) is -0.0862. The fourth-order valence-corrected chi connectivity index (χ4v) is 2.33. The maximum atomic E-state index is 12.2. The Morgan fingerprint density at radius 1 is 1.13 bits per heavy atom. The van der Waals surface area contributed by atoms with Crippen LogP contribution in [0.5, 0.6) is 0 Å². The second-order valence-corrected chi connectivity index (χ2v) is 5.85. The van der Waals surface area contributed by atoms with Gasteiger partial charge in [-0.3, -0.25) is 9.59 Å². The molecule has 0 heterocycles. The van der Waals surface area contributed by atoms with E-state index in [0.717, 1.165) is 5.56 Å². The van der Waals surface area contributed by atoms with Gasteiger partial charge in [-0.05, 0) is 44.2 Å². The van der Waals surface area contributed by atoms with Crippen molar-refractivity contribution in [2.75, 3.05) is 5.32 Å². The summed E-state index contributed by atoms with van der Waals surface area (Å²) in [6.45, 7) is 3.99. The van der Waals surface area contributed by atoms with Crippen molar-refractivity contribution in [3.05, 3.63) is 64.7 Å². The van der Waals surface area contributed by atoms with E-state index in [1.165, 1.54) is 6.92 Å².